The molecule has 3 N–H and O–H groups in total. The molecule has 3 rings (SSSR count). The molecule has 1 amide bonds. The maximum atomic E-state index is 11.1. The van der Waals surface area contributed by atoms with Crippen LogP contribution < -0.4 is 10.5 Å². The first kappa shape index (κ1) is 17.1. The van der Waals surface area contributed by atoms with Gasteiger partial charge in [-0.1, -0.05) is 6.07 Å². The number of pyridine rings is 1. The third-order valence-electron chi connectivity index (χ3n) is 3.69. The van der Waals surface area contributed by atoms with Gasteiger partial charge in [0.05, 0.1) is 23.0 Å². The van der Waals surface area contributed by atoms with E-state index in [9.17, 15) is 9.90 Å². The van der Waals surface area contributed by atoms with E-state index < -0.39 is 12.0 Å². The summed E-state index contributed by atoms with van der Waals surface area (Å²) < 4.78 is 5.73. The average Bonchev–Trinajstić information content (AvgIpc) is 2.68. The van der Waals surface area contributed by atoms with Crippen LogP contribution in [0.5, 0.6) is 11.5 Å². The van der Waals surface area contributed by atoms with Gasteiger partial charge in [-0.05, 0) is 60.7 Å². The lowest BCUT2D eigenvalue weighted by Gasteiger charge is -2.09. The number of nitrogens with zero attached hydrogens (tertiary/aromatic N) is 2. The first-order valence-electron chi connectivity index (χ1n) is 7.79. The molecule has 3 aromatic rings. The highest BCUT2D eigenvalue weighted by Gasteiger charge is 2.15. The van der Waals surface area contributed by atoms with Gasteiger partial charge in [0.2, 0.25) is 0 Å². The van der Waals surface area contributed by atoms with Crippen molar-refractivity contribution in [2.24, 2.45) is 5.73 Å². The van der Waals surface area contributed by atoms with Crippen LogP contribution in [0.3, 0.4) is 0 Å². The second-order valence-electron chi connectivity index (χ2n) is 5.52. The second kappa shape index (κ2) is 7.47. The van der Waals surface area contributed by atoms with Gasteiger partial charge < -0.3 is 15.6 Å². The Bertz CT molecular complexity index is 961. The third kappa shape index (κ3) is 3.86. The van der Waals surface area contributed by atoms with E-state index in [0.717, 1.165) is 5.56 Å². The first-order valence-corrected chi connectivity index (χ1v) is 7.79. The predicted molar refractivity (Wildman–Crippen MR) is 95.1 cm³/mol. The molecule has 0 radical (unpaired) electrons. The molecule has 1 heterocycles. The summed E-state index contributed by atoms with van der Waals surface area (Å²) in [6.45, 7) is 0. The van der Waals surface area contributed by atoms with Crippen molar-refractivity contribution in [3.05, 3.63) is 78.0 Å². The molecular formula is C20H15N3O3. The number of aromatic nitrogens is 1. The van der Waals surface area contributed by atoms with Crippen molar-refractivity contribution in [1.82, 2.24) is 4.98 Å². The molecule has 0 saturated carbocycles. The zero-order valence-electron chi connectivity index (χ0n) is 13.7. The maximum Gasteiger partial charge on any atom is 0.252 e. The molecule has 0 fully saturated rings. The Labute approximate surface area is 150 Å². The number of nitriles is 1. The monoisotopic (exact) mass is 345 g/mol. The zero-order chi connectivity index (χ0) is 18.5. The minimum Gasteiger partial charge on any atom is -0.457 e. The summed E-state index contributed by atoms with van der Waals surface area (Å²) in [6, 6.07) is 21.1. The summed E-state index contributed by atoms with van der Waals surface area (Å²) in [6.07, 6.45) is -1.44. The summed E-state index contributed by atoms with van der Waals surface area (Å²) in [5.74, 6) is 0.411. The van der Waals surface area contributed by atoms with E-state index in [0.29, 0.717) is 22.8 Å². The van der Waals surface area contributed by atoms with Gasteiger partial charge in [-0.25, -0.2) is 4.98 Å². The third-order valence-corrected chi connectivity index (χ3v) is 3.69. The van der Waals surface area contributed by atoms with Crippen LogP contribution >= 0.6 is 0 Å². The van der Waals surface area contributed by atoms with E-state index in [1.54, 1.807) is 54.6 Å². The number of amides is 1. The lowest BCUT2D eigenvalue weighted by atomic mass is 10.1. The Hall–Kier alpha value is -3.69. The van der Waals surface area contributed by atoms with Gasteiger partial charge >= 0.3 is 0 Å². The number of primary amides is 1. The Morgan fingerprint density at radius 3 is 2.23 bits per heavy atom. The van der Waals surface area contributed by atoms with E-state index in [4.69, 9.17) is 15.7 Å². The van der Waals surface area contributed by atoms with Crippen molar-refractivity contribution in [1.29, 1.82) is 5.26 Å². The fourth-order valence-electron chi connectivity index (χ4n) is 2.34. The molecule has 1 aromatic heterocycles. The molecule has 2 aromatic carbocycles. The van der Waals surface area contributed by atoms with Crippen molar-refractivity contribution < 1.29 is 14.6 Å². The van der Waals surface area contributed by atoms with E-state index in [1.165, 1.54) is 0 Å². The molecule has 6 heteroatoms. The molecule has 26 heavy (non-hydrogen) atoms. The molecule has 1 atom stereocenters. The molecule has 0 spiro atoms. The van der Waals surface area contributed by atoms with Crippen molar-refractivity contribution in [2.75, 3.05) is 0 Å². The van der Waals surface area contributed by atoms with Crippen LogP contribution in [0.1, 0.15) is 17.4 Å². The maximum absolute atomic E-state index is 11.1. The molecule has 128 valence electrons. The number of hydrogen-bond donors (Lipinski definition) is 2. The summed E-state index contributed by atoms with van der Waals surface area (Å²) in [4.78, 5) is 15.4. The first-order chi connectivity index (χ1) is 12.6. The fourth-order valence-corrected chi connectivity index (χ4v) is 2.34. The highest BCUT2D eigenvalue weighted by atomic mass is 16.5. The molecule has 0 aliphatic heterocycles. The van der Waals surface area contributed by atoms with Gasteiger partial charge in [0, 0.05) is 5.56 Å². The average molecular weight is 345 g/mol. The van der Waals surface area contributed by atoms with E-state index >= 15 is 0 Å². The minimum atomic E-state index is -1.44. The summed E-state index contributed by atoms with van der Waals surface area (Å²) in [5, 5.41) is 18.5. The molecule has 0 saturated heterocycles. The number of ether oxygens (including phenoxy) is 1. The topological polar surface area (TPSA) is 109 Å². The largest absolute Gasteiger partial charge is 0.457 e. The van der Waals surface area contributed by atoms with Gasteiger partial charge in [-0.2, -0.15) is 5.26 Å². The van der Waals surface area contributed by atoms with E-state index in [2.05, 4.69) is 11.1 Å². The fraction of sp³-hybridized carbons (Fsp3) is 0.0500. The minimum absolute atomic E-state index is 0.202. The normalized spacial score (nSPS) is 11.4. The molecule has 6 nitrogen and oxygen atoms in total. The number of carbonyl (C=O) groups is 1. The van der Waals surface area contributed by atoms with Crippen LogP contribution in [0.4, 0.5) is 0 Å². The Morgan fingerprint density at radius 2 is 1.65 bits per heavy atom. The second-order valence-corrected chi connectivity index (χ2v) is 5.52. The van der Waals surface area contributed by atoms with Crippen LogP contribution in [-0.4, -0.2) is 16.0 Å². The SMILES string of the molecule is N#Cc1ccc(Oc2ccc(-c3cccc(C(O)C(N)=O)n3)cc2)cc1. The van der Waals surface area contributed by atoms with Crippen LogP contribution in [-0.2, 0) is 4.79 Å². The number of rotatable bonds is 5. The number of benzene rings is 2. The lowest BCUT2D eigenvalue weighted by molar-refractivity contribution is -0.126. The molecule has 1 unspecified atom stereocenters. The van der Waals surface area contributed by atoms with Gasteiger partial charge in [0.1, 0.15) is 11.5 Å². The van der Waals surface area contributed by atoms with Crippen molar-refractivity contribution >= 4 is 5.91 Å². The van der Waals surface area contributed by atoms with Crippen LogP contribution in [0, 0.1) is 11.3 Å². The number of nitrogens with two attached hydrogens (primary N) is 1. The van der Waals surface area contributed by atoms with Crippen molar-refractivity contribution in [3.8, 4) is 28.8 Å². The van der Waals surface area contributed by atoms with Gasteiger partial charge in [0.25, 0.3) is 5.91 Å². The number of aliphatic hydroxyl groups excluding tert-OH is 1. The Morgan fingerprint density at radius 1 is 1.04 bits per heavy atom. The molecule has 0 bridgehead atoms. The highest BCUT2D eigenvalue weighted by Crippen LogP contribution is 2.26. The standard InChI is InChI=1S/C20H15N3O3/c21-12-13-4-8-15(9-5-13)26-16-10-6-14(7-11-16)17-2-1-3-18(23-17)19(24)20(22)25/h1-11,19,24H,(H2,22,25). The lowest BCUT2D eigenvalue weighted by Crippen LogP contribution is -2.21. The molecule has 0 aliphatic carbocycles. The summed E-state index contributed by atoms with van der Waals surface area (Å²) >= 11 is 0. The van der Waals surface area contributed by atoms with Gasteiger partial charge in [0.15, 0.2) is 6.10 Å². The summed E-state index contributed by atoms with van der Waals surface area (Å²) in [5.41, 5.74) is 7.28. The number of hydrogen-bond acceptors (Lipinski definition) is 5. The molecule has 0 aliphatic rings. The highest BCUT2D eigenvalue weighted by molar-refractivity contribution is 5.79. The quantitative estimate of drug-likeness (QED) is 0.739. The van der Waals surface area contributed by atoms with Crippen LogP contribution in [0.25, 0.3) is 11.3 Å². The number of aliphatic hydroxyl groups is 1. The Balaban J connectivity index is 1.78. The van der Waals surface area contributed by atoms with E-state index in [1.807, 2.05) is 12.1 Å². The summed E-state index contributed by atoms with van der Waals surface area (Å²) in [7, 11) is 0. The van der Waals surface area contributed by atoms with Gasteiger partial charge in [-0.15, -0.1) is 0 Å². The smallest absolute Gasteiger partial charge is 0.252 e. The van der Waals surface area contributed by atoms with Gasteiger partial charge in [-0.3, -0.25) is 4.79 Å². The zero-order valence-corrected chi connectivity index (χ0v) is 13.7. The molecular weight excluding hydrogens is 330 g/mol. The van der Waals surface area contributed by atoms with Crippen LogP contribution in [0.15, 0.2) is 66.7 Å². The number of carbonyl (C=O) groups excluding carboxylic acids is 1. The van der Waals surface area contributed by atoms with E-state index in [-0.39, 0.29) is 5.69 Å². The van der Waals surface area contributed by atoms with Crippen LogP contribution in [0.2, 0.25) is 0 Å². The van der Waals surface area contributed by atoms with Crippen molar-refractivity contribution in [2.45, 2.75) is 6.10 Å². The van der Waals surface area contributed by atoms with Crippen molar-refractivity contribution in [3.63, 3.8) is 0 Å². The Kier molecular flexibility index (Phi) is 4.92. The predicted octanol–water partition coefficient (Wildman–Crippen LogP) is 2.93.